The van der Waals surface area contributed by atoms with Gasteiger partial charge in [0.25, 0.3) is 5.69 Å². The van der Waals surface area contributed by atoms with E-state index in [1.165, 1.54) is 18.2 Å². The molecule has 1 saturated heterocycles. The van der Waals surface area contributed by atoms with Crippen molar-refractivity contribution in [3.05, 3.63) is 34.4 Å². The first-order valence-electron chi connectivity index (χ1n) is 5.66. The first-order valence-corrected chi connectivity index (χ1v) is 5.66. The molecule has 1 aliphatic rings. The molecule has 0 spiro atoms. The summed E-state index contributed by atoms with van der Waals surface area (Å²) in [6.45, 7) is -0.170. The molecule has 0 amide bonds. The molecule has 4 atom stereocenters. The van der Waals surface area contributed by atoms with Gasteiger partial charge in [-0.25, -0.2) is 0 Å². The third-order valence-corrected chi connectivity index (χ3v) is 2.90. The van der Waals surface area contributed by atoms with Crippen LogP contribution in [0.5, 0.6) is 0 Å². The van der Waals surface area contributed by atoms with Gasteiger partial charge in [0, 0.05) is 6.07 Å². The molecule has 4 unspecified atom stereocenters. The monoisotopic (exact) mass is 270 g/mol. The fraction of sp³-hybridized carbons (Fsp3) is 0.455. The largest absolute Gasteiger partial charge is 0.388 e. The van der Waals surface area contributed by atoms with Gasteiger partial charge in [-0.3, -0.25) is 10.1 Å². The Kier molecular flexibility index (Phi) is 3.96. The van der Waals surface area contributed by atoms with Crippen LogP contribution in [0.25, 0.3) is 0 Å². The summed E-state index contributed by atoms with van der Waals surface area (Å²) < 4.78 is 5.12. The number of nitro benzene ring substituents is 1. The molecule has 1 heterocycles. The van der Waals surface area contributed by atoms with Crippen LogP contribution in [0.4, 0.5) is 11.4 Å². The van der Waals surface area contributed by atoms with Crippen molar-refractivity contribution in [2.75, 3.05) is 11.9 Å². The third kappa shape index (κ3) is 2.82. The average Bonchev–Trinajstić information content (AvgIpc) is 2.40. The molecule has 1 aromatic carbocycles. The molecule has 0 aromatic heterocycles. The van der Waals surface area contributed by atoms with E-state index in [-0.39, 0.29) is 18.0 Å². The second-order valence-electron chi connectivity index (χ2n) is 4.22. The first kappa shape index (κ1) is 13.7. The fourth-order valence-electron chi connectivity index (χ4n) is 1.84. The Labute approximate surface area is 108 Å². The Morgan fingerprint density at radius 1 is 1.26 bits per heavy atom. The summed E-state index contributed by atoms with van der Waals surface area (Å²) in [6, 6.07) is 5.88. The Morgan fingerprint density at radius 3 is 2.63 bits per heavy atom. The Hall–Kier alpha value is -1.74. The summed E-state index contributed by atoms with van der Waals surface area (Å²) in [7, 11) is 0. The number of nitro groups is 1. The maximum absolute atomic E-state index is 10.8. The highest BCUT2D eigenvalue weighted by Gasteiger charge is 2.38. The summed E-state index contributed by atoms with van der Waals surface area (Å²) in [5.74, 6) is 0. The van der Waals surface area contributed by atoms with Gasteiger partial charge >= 0.3 is 0 Å². The number of hydrogen-bond acceptors (Lipinski definition) is 7. The van der Waals surface area contributed by atoms with Crippen LogP contribution in [0.3, 0.4) is 0 Å². The van der Waals surface area contributed by atoms with E-state index in [4.69, 9.17) is 4.74 Å². The van der Waals surface area contributed by atoms with Crippen LogP contribution < -0.4 is 5.32 Å². The molecule has 2 rings (SSSR count). The van der Waals surface area contributed by atoms with Crippen molar-refractivity contribution in [1.29, 1.82) is 0 Å². The fourth-order valence-corrected chi connectivity index (χ4v) is 1.84. The van der Waals surface area contributed by atoms with Crippen molar-refractivity contribution in [3.8, 4) is 0 Å². The van der Waals surface area contributed by atoms with Crippen molar-refractivity contribution in [1.82, 2.24) is 0 Å². The molecule has 1 fully saturated rings. The number of nitrogens with zero attached hydrogens (tertiary/aromatic N) is 1. The summed E-state index contributed by atoms with van der Waals surface area (Å²) in [4.78, 5) is 10.3. The number of hydrogen-bond donors (Lipinski definition) is 4. The number of anilines is 1. The summed E-state index contributed by atoms with van der Waals surface area (Å²) in [6.07, 6.45) is -4.96. The van der Waals surface area contributed by atoms with E-state index in [2.05, 4.69) is 5.32 Å². The number of para-hydroxylation sites is 2. The molecule has 104 valence electrons. The zero-order valence-electron chi connectivity index (χ0n) is 9.84. The van der Waals surface area contributed by atoms with Crippen molar-refractivity contribution in [3.63, 3.8) is 0 Å². The van der Waals surface area contributed by atoms with Crippen LogP contribution in [0, 0.1) is 10.1 Å². The smallest absolute Gasteiger partial charge is 0.292 e. The molecule has 8 nitrogen and oxygen atoms in total. The molecule has 4 N–H and O–H groups in total. The molecule has 1 aromatic rings. The number of aliphatic hydroxyl groups excluding tert-OH is 3. The number of rotatable bonds is 3. The predicted molar refractivity (Wildman–Crippen MR) is 64.5 cm³/mol. The lowest BCUT2D eigenvalue weighted by Gasteiger charge is -2.35. The number of benzene rings is 1. The van der Waals surface area contributed by atoms with Gasteiger partial charge < -0.3 is 25.4 Å². The van der Waals surface area contributed by atoms with Crippen LogP contribution in [-0.4, -0.2) is 51.4 Å². The highest BCUT2D eigenvalue weighted by Crippen LogP contribution is 2.26. The van der Waals surface area contributed by atoms with E-state index < -0.39 is 29.5 Å². The molecular formula is C11H14N2O6. The molecule has 8 heteroatoms. The second-order valence-corrected chi connectivity index (χ2v) is 4.22. The zero-order chi connectivity index (χ0) is 14.0. The van der Waals surface area contributed by atoms with Crippen LogP contribution in [0.2, 0.25) is 0 Å². The van der Waals surface area contributed by atoms with Gasteiger partial charge in [0.2, 0.25) is 0 Å². The number of aliphatic hydroxyl groups is 3. The lowest BCUT2D eigenvalue weighted by Crippen LogP contribution is -2.55. The minimum Gasteiger partial charge on any atom is -0.388 e. The van der Waals surface area contributed by atoms with Crippen molar-refractivity contribution < 1.29 is 25.0 Å². The Bertz CT molecular complexity index is 468. The zero-order valence-corrected chi connectivity index (χ0v) is 9.84. The molecule has 19 heavy (non-hydrogen) atoms. The van der Waals surface area contributed by atoms with Gasteiger partial charge in [0.05, 0.1) is 11.5 Å². The SMILES string of the molecule is O=[N+]([O-])c1ccccc1NC1OCC(O)C(O)C1O. The number of ether oxygens (including phenoxy) is 1. The quantitative estimate of drug-likeness (QED) is 0.428. The molecule has 0 saturated carbocycles. The van der Waals surface area contributed by atoms with E-state index in [9.17, 15) is 25.4 Å². The highest BCUT2D eigenvalue weighted by molar-refractivity contribution is 5.61. The highest BCUT2D eigenvalue weighted by atomic mass is 16.6. The van der Waals surface area contributed by atoms with Crippen LogP contribution in [0.15, 0.2) is 24.3 Å². The normalized spacial score (nSPS) is 30.9. The van der Waals surface area contributed by atoms with Crippen LogP contribution in [0.1, 0.15) is 0 Å². The molecular weight excluding hydrogens is 256 g/mol. The Morgan fingerprint density at radius 2 is 1.95 bits per heavy atom. The van der Waals surface area contributed by atoms with Crippen molar-refractivity contribution in [2.45, 2.75) is 24.5 Å². The predicted octanol–water partition coefficient (Wildman–Crippen LogP) is -0.554. The van der Waals surface area contributed by atoms with E-state index in [0.717, 1.165) is 0 Å². The maximum Gasteiger partial charge on any atom is 0.292 e. The van der Waals surface area contributed by atoms with E-state index in [0.29, 0.717) is 0 Å². The van der Waals surface area contributed by atoms with Gasteiger partial charge in [-0.1, -0.05) is 12.1 Å². The minimum atomic E-state index is -1.39. The first-order chi connectivity index (χ1) is 9.00. The van der Waals surface area contributed by atoms with Gasteiger partial charge in [0.1, 0.15) is 24.0 Å². The van der Waals surface area contributed by atoms with Gasteiger partial charge in [-0.2, -0.15) is 0 Å². The Balaban J connectivity index is 2.15. The molecule has 1 aliphatic heterocycles. The van der Waals surface area contributed by atoms with Crippen molar-refractivity contribution in [2.24, 2.45) is 0 Å². The topological polar surface area (TPSA) is 125 Å². The molecule has 0 bridgehead atoms. The summed E-state index contributed by atoms with van der Waals surface area (Å²) in [5, 5.41) is 42.0. The van der Waals surface area contributed by atoms with E-state index in [1.807, 2.05) is 0 Å². The van der Waals surface area contributed by atoms with E-state index in [1.54, 1.807) is 6.07 Å². The van der Waals surface area contributed by atoms with E-state index >= 15 is 0 Å². The van der Waals surface area contributed by atoms with Gasteiger partial charge in [0.15, 0.2) is 6.23 Å². The third-order valence-electron chi connectivity index (χ3n) is 2.90. The standard InChI is InChI=1S/C11H14N2O6/c14-8-5-19-11(10(16)9(8)15)12-6-3-1-2-4-7(6)13(17)18/h1-4,8-12,14-16H,5H2. The summed E-state index contributed by atoms with van der Waals surface area (Å²) >= 11 is 0. The van der Waals surface area contributed by atoms with Crippen LogP contribution >= 0.6 is 0 Å². The van der Waals surface area contributed by atoms with Gasteiger partial charge in [-0.05, 0) is 6.07 Å². The van der Waals surface area contributed by atoms with Gasteiger partial charge in [-0.15, -0.1) is 0 Å². The lowest BCUT2D eigenvalue weighted by molar-refractivity contribution is -0.384. The maximum atomic E-state index is 10.8. The minimum absolute atomic E-state index is 0.167. The number of nitrogens with one attached hydrogen (secondary N) is 1. The molecule has 0 aliphatic carbocycles. The summed E-state index contributed by atoms with van der Waals surface area (Å²) in [5.41, 5.74) is -0.000878. The van der Waals surface area contributed by atoms with Crippen molar-refractivity contribution >= 4 is 11.4 Å². The van der Waals surface area contributed by atoms with Crippen LogP contribution in [-0.2, 0) is 4.74 Å². The average molecular weight is 270 g/mol. The lowest BCUT2D eigenvalue weighted by atomic mass is 10.0. The second kappa shape index (κ2) is 5.49. The molecule has 0 radical (unpaired) electrons.